The molecule has 0 aromatic heterocycles. The van der Waals surface area contributed by atoms with Crippen molar-refractivity contribution in [3.63, 3.8) is 0 Å². The first-order valence-electron chi connectivity index (χ1n) is 3.01. The van der Waals surface area contributed by atoms with Crippen LogP contribution < -0.4 is 0 Å². The molecule has 0 saturated heterocycles. The monoisotopic (exact) mass is 213 g/mol. The van der Waals surface area contributed by atoms with Crippen molar-refractivity contribution in [1.82, 2.24) is 0 Å². The van der Waals surface area contributed by atoms with Crippen LogP contribution in [0.1, 0.15) is 11.1 Å². The van der Waals surface area contributed by atoms with Crippen LogP contribution in [0.15, 0.2) is 16.6 Å². The van der Waals surface area contributed by atoms with Gasteiger partial charge in [0.15, 0.2) is 0 Å². The van der Waals surface area contributed by atoms with Gasteiger partial charge in [-0.3, -0.25) is 0 Å². The Labute approximate surface area is 72.6 Å². The predicted molar refractivity (Wildman–Crippen MR) is 43.6 cm³/mol. The first kappa shape index (κ1) is 8.22. The highest BCUT2D eigenvalue weighted by molar-refractivity contribution is 9.10. The zero-order valence-corrected chi connectivity index (χ0v) is 7.44. The normalized spacial score (nSPS) is 9.27. The Kier molecular flexibility index (Phi) is 2.25. The van der Waals surface area contributed by atoms with Crippen LogP contribution in [0.5, 0.6) is 0 Å². The van der Waals surface area contributed by atoms with Gasteiger partial charge in [0, 0.05) is 4.47 Å². The Morgan fingerprint density at radius 2 is 2.18 bits per heavy atom. The average Bonchev–Trinajstić information content (AvgIpc) is 1.99. The fourth-order valence-electron chi connectivity index (χ4n) is 0.759. The van der Waals surface area contributed by atoms with Crippen molar-refractivity contribution in [2.75, 3.05) is 0 Å². The molecule has 11 heavy (non-hydrogen) atoms. The third kappa shape index (κ3) is 1.41. The van der Waals surface area contributed by atoms with Crippen LogP contribution in [0, 0.1) is 24.1 Å². The van der Waals surface area contributed by atoms with E-state index >= 15 is 0 Å². The first-order valence-corrected chi connectivity index (χ1v) is 3.81. The molecule has 3 heteroatoms. The van der Waals surface area contributed by atoms with Crippen LogP contribution >= 0.6 is 15.9 Å². The minimum absolute atomic E-state index is 0.0741. The summed E-state index contributed by atoms with van der Waals surface area (Å²) in [6.07, 6.45) is 0. The van der Waals surface area contributed by atoms with E-state index in [1.165, 1.54) is 0 Å². The van der Waals surface area contributed by atoms with E-state index in [9.17, 15) is 4.39 Å². The lowest BCUT2D eigenvalue weighted by molar-refractivity contribution is 0.613. The summed E-state index contributed by atoms with van der Waals surface area (Å²) in [5.74, 6) is -0.443. The molecule has 0 N–H and O–H groups in total. The molecule has 0 aliphatic carbocycles. The summed E-state index contributed by atoms with van der Waals surface area (Å²) in [5.41, 5.74) is 0.565. The highest BCUT2D eigenvalue weighted by Crippen LogP contribution is 2.20. The molecule has 1 nitrogen and oxygen atoms in total. The van der Waals surface area contributed by atoms with E-state index in [2.05, 4.69) is 15.9 Å². The summed E-state index contributed by atoms with van der Waals surface area (Å²) in [4.78, 5) is 0. The van der Waals surface area contributed by atoms with E-state index in [0.717, 1.165) is 0 Å². The summed E-state index contributed by atoms with van der Waals surface area (Å²) in [7, 11) is 0. The van der Waals surface area contributed by atoms with E-state index < -0.39 is 5.82 Å². The molecular formula is C8H5BrFN. The van der Waals surface area contributed by atoms with Gasteiger partial charge in [-0.25, -0.2) is 4.39 Å². The van der Waals surface area contributed by atoms with Gasteiger partial charge >= 0.3 is 0 Å². The number of aryl methyl sites for hydroxylation is 1. The van der Waals surface area contributed by atoms with Gasteiger partial charge in [-0.05, 0) is 34.5 Å². The maximum absolute atomic E-state index is 13.0. The SMILES string of the molecule is Cc1ccc(Br)c(C#N)c1F. The predicted octanol–water partition coefficient (Wildman–Crippen LogP) is 2.77. The number of rotatable bonds is 0. The third-order valence-corrected chi connectivity index (χ3v) is 2.06. The van der Waals surface area contributed by atoms with Crippen molar-refractivity contribution in [1.29, 1.82) is 5.26 Å². The smallest absolute Gasteiger partial charge is 0.145 e. The molecule has 0 heterocycles. The maximum Gasteiger partial charge on any atom is 0.145 e. The number of nitrogens with zero attached hydrogens (tertiary/aromatic N) is 1. The van der Waals surface area contributed by atoms with Crippen LogP contribution in [0.3, 0.4) is 0 Å². The van der Waals surface area contributed by atoms with Crippen LogP contribution in [-0.4, -0.2) is 0 Å². The molecule has 0 atom stereocenters. The van der Waals surface area contributed by atoms with Crippen LogP contribution in [0.4, 0.5) is 4.39 Å². The molecule has 0 radical (unpaired) electrons. The number of nitriles is 1. The van der Waals surface area contributed by atoms with Crippen molar-refractivity contribution >= 4 is 15.9 Å². The average molecular weight is 214 g/mol. The van der Waals surface area contributed by atoms with Gasteiger partial charge in [0.2, 0.25) is 0 Å². The van der Waals surface area contributed by atoms with Gasteiger partial charge in [0.25, 0.3) is 0 Å². The van der Waals surface area contributed by atoms with Gasteiger partial charge < -0.3 is 0 Å². The van der Waals surface area contributed by atoms with Crippen molar-refractivity contribution in [2.24, 2.45) is 0 Å². The zero-order valence-electron chi connectivity index (χ0n) is 5.86. The third-order valence-electron chi connectivity index (χ3n) is 1.40. The van der Waals surface area contributed by atoms with Crippen molar-refractivity contribution in [3.05, 3.63) is 33.5 Å². The summed E-state index contributed by atoms with van der Waals surface area (Å²) in [5, 5.41) is 8.50. The minimum atomic E-state index is -0.443. The first-order chi connectivity index (χ1) is 5.16. The lowest BCUT2D eigenvalue weighted by atomic mass is 10.1. The van der Waals surface area contributed by atoms with Crippen molar-refractivity contribution in [2.45, 2.75) is 6.92 Å². The molecule has 0 amide bonds. The van der Waals surface area contributed by atoms with E-state index in [1.807, 2.05) is 0 Å². The van der Waals surface area contributed by atoms with Gasteiger partial charge in [-0.15, -0.1) is 0 Å². The molecule has 0 bridgehead atoms. The number of hydrogen-bond acceptors (Lipinski definition) is 1. The van der Waals surface area contributed by atoms with Gasteiger partial charge in [-0.2, -0.15) is 5.26 Å². The molecule has 0 aliphatic heterocycles. The maximum atomic E-state index is 13.0. The molecule has 0 aliphatic rings. The lowest BCUT2D eigenvalue weighted by Gasteiger charge is -1.99. The Morgan fingerprint density at radius 1 is 1.55 bits per heavy atom. The molecule has 0 unspecified atom stereocenters. The molecule has 0 fully saturated rings. The van der Waals surface area contributed by atoms with Crippen LogP contribution in [0.25, 0.3) is 0 Å². The molecule has 1 aromatic carbocycles. The number of hydrogen-bond donors (Lipinski definition) is 0. The molecular weight excluding hydrogens is 209 g/mol. The standard InChI is InChI=1S/C8H5BrFN/c1-5-2-3-7(9)6(4-11)8(5)10/h2-3H,1H3. The van der Waals surface area contributed by atoms with Crippen molar-refractivity contribution in [3.8, 4) is 6.07 Å². The van der Waals surface area contributed by atoms with E-state index in [1.54, 1.807) is 25.1 Å². The second-order valence-electron chi connectivity index (χ2n) is 2.17. The highest BCUT2D eigenvalue weighted by Gasteiger charge is 2.07. The fraction of sp³-hybridized carbons (Fsp3) is 0.125. The van der Waals surface area contributed by atoms with Gasteiger partial charge in [-0.1, -0.05) is 6.07 Å². The Hall–Kier alpha value is -0.880. The molecule has 1 rings (SSSR count). The quantitative estimate of drug-likeness (QED) is 0.651. The van der Waals surface area contributed by atoms with Crippen LogP contribution in [-0.2, 0) is 0 Å². The van der Waals surface area contributed by atoms with E-state index in [0.29, 0.717) is 10.0 Å². The summed E-state index contributed by atoms with van der Waals surface area (Å²) < 4.78 is 13.5. The Morgan fingerprint density at radius 3 is 2.64 bits per heavy atom. The van der Waals surface area contributed by atoms with Gasteiger partial charge in [0.1, 0.15) is 17.4 Å². The largest absolute Gasteiger partial charge is 0.205 e. The van der Waals surface area contributed by atoms with Crippen molar-refractivity contribution < 1.29 is 4.39 Å². The second-order valence-corrected chi connectivity index (χ2v) is 3.02. The zero-order chi connectivity index (χ0) is 8.43. The summed E-state index contributed by atoms with van der Waals surface area (Å²) >= 11 is 3.08. The molecule has 0 spiro atoms. The van der Waals surface area contributed by atoms with E-state index in [-0.39, 0.29) is 5.56 Å². The van der Waals surface area contributed by atoms with Crippen LogP contribution in [0.2, 0.25) is 0 Å². The Balaban J connectivity index is 3.44. The highest BCUT2D eigenvalue weighted by atomic mass is 79.9. The van der Waals surface area contributed by atoms with Gasteiger partial charge in [0.05, 0.1) is 0 Å². The lowest BCUT2D eigenvalue weighted by Crippen LogP contribution is -1.88. The topological polar surface area (TPSA) is 23.8 Å². The fourth-order valence-corrected chi connectivity index (χ4v) is 1.15. The number of halogens is 2. The molecule has 1 aromatic rings. The summed E-state index contributed by atoms with van der Waals surface area (Å²) in [6, 6.07) is 5.07. The number of benzene rings is 1. The summed E-state index contributed by atoms with van der Waals surface area (Å²) in [6.45, 7) is 1.63. The second kappa shape index (κ2) is 3.02. The minimum Gasteiger partial charge on any atom is -0.205 e. The Bertz CT molecular complexity index is 328. The molecule has 56 valence electrons. The van der Waals surface area contributed by atoms with E-state index in [4.69, 9.17) is 5.26 Å². The molecule has 0 saturated carbocycles.